The number of oxime groups is 1. The number of nitrogens with zero attached hydrogens (tertiary/aromatic N) is 2. The Morgan fingerprint density at radius 2 is 1.83 bits per heavy atom. The van der Waals surface area contributed by atoms with Crippen molar-refractivity contribution < 1.29 is 25.0 Å². The maximum Gasteiger partial charge on any atom is 0.339 e. The average Bonchev–Trinajstić information content (AvgIpc) is 2.69. The van der Waals surface area contributed by atoms with E-state index in [-0.39, 0.29) is 29.6 Å². The van der Waals surface area contributed by atoms with Gasteiger partial charge in [-0.15, -0.1) is 0 Å². The number of phenols is 1. The third kappa shape index (κ3) is 5.19. The van der Waals surface area contributed by atoms with E-state index in [1.54, 1.807) is 0 Å². The van der Waals surface area contributed by atoms with Gasteiger partial charge in [-0.1, -0.05) is 25.1 Å². The summed E-state index contributed by atoms with van der Waals surface area (Å²) in [6.07, 6.45) is 0. The largest absolute Gasteiger partial charge is 0.507 e. The lowest BCUT2D eigenvalue weighted by molar-refractivity contribution is 0.0693. The number of hydrogen-bond donors (Lipinski definition) is 3. The Kier molecular flexibility index (Phi) is 7.47. The summed E-state index contributed by atoms with van der Waals surface area (Å²) in [5, 5.41) is 31.6. The van der Waals surface area contributed by atoms with Gasteiger partial charge in [0.15, 0.2) is 0 Å². The van der Waals surface area contributed by atoms with Gasteiger partial charge in [-0.3, -0.25) is 0 Å². The highest BCUT2D eigenvalue weighted by atomic mass is 16.5. The summed E-state index contributed by atoms with van der Waals surface area (Å²) in [5.41, 5.74) is 3.16. The summed E-state index contributed by atoms with van der Waals surface area (Å²) in [7, 11) is 0. The summed E-state index contributed by atoms with van der Waals surface area (Å²) in [5.74, 6) is -1.05. The molecule has 0 spiro atoms. The van der Waals surface area contributed by atoms with E-state index < -0.39 is 5.97 Å². The Morgan fingerprint density at radius 3 is 2.34 bits per heavy atom. The standard InChI is InChI=1S/C22H28N2O5/c1-5-24(6-2)20-10-7-15(11-18(20)14(3)4)19(23-28)13-29-16-8-9-17(22(26)27)21(25)12-16/h7-12,14,25,28H,5-6,13H2,1-4H3,(H,26,27)/b23-19-. The predicted octanol–water partition coefficient (Wildman–Crippen LogP) is 4.32. The molecule has 7 heteroatoms. The molecule has 7 nitrogen and oxygen atoms in total. The maximum absolute atomic E-state index is 11.0. The van der Waals surface area contributed by atoms with Gasteiger partial charge in [-0.05, 0) is 49.6 Å². The van der Waals surface area contributed by atoms with E-state index in [4.69, 9.17) is 9.84 Å². The smallest absolute Gasteiger partial charge is 0.339 e. The van der Waals surface area contributed by atoms with Gasteiger partial charge in [-0.25, -0.2) is 4.79 Å². The Bertz CT molecular complexity index is 889. The van der Waals surface area contributed by atoms with Gasteiger partial charge in [0.05, 0.1) is 0 Å². The van der Waals surface area contributed by atoms with Crippen LogP contribution in [0.2, 0.25) is 0 Å². The lowest BCUT2D eigenvalue weighted by atomic mass is 9.96. The third-order valence-corrected chi connectivity index (χ3v) is 4.78. The minimum absolute atomic E-state index is 0.0372. The molecular weight excluding hydrogens is 372 g/mol. The second-order valence-corrected chi connectivity index (χ2v) is 6.92. The number of carboxylic acid groups (broad SMARTS) is 1. The first-order valence-corrected chi connectivity index (χ1v) is 9.61. The maximum atomic E-state index is 11.0. The molecule has 0 aliphatic heterocycles. The van der Waals surface area contributed by atoms with Crippen LogP contribution in [-0.2, 0) is 0 Å². The minimum atomic E-state index is -1.22. The molecule has 0 heterocycles. The van der Waals surface area contributed by atoms with Crippen molar-refractivity contribution >= 4 is 17.4 Å². The average molecular weight is 400 g/mol. The van der Waals surface area contributed by atoms with Crippen molar-refractivity contribution in [1.82, 2.24) is 0 Å². The summed E-state index contributed by atoms with van der Waals surface area (Å²) < 4.78 is 5.60. The van der Waals surface area contributed by atoms with Crippen molar-refractivity contribution in [2.45, 2.75) is 33.6 Å². The third-order valence-electron chi connectivity index (χ3n) is 4.78. The van der Waals surface area contributed by atoms with Gasteiger partial charge in [0.1, 0.15) is 29.4 Å². The molecule has 0 saturated carbocycles. The van der Waals surface area contributed by atoms with E-state index in [0.29, 0.717) is 5.71 Å². The fourth-order valence-corrected chi connectivity index (χ4v) is 3.15. The number of aromatic hydroxyl groups is 1. The Labute approximate surface area is 170 Å². The van der Waals surface area contributed by atoms with Crippen molar-refractivity contribution in [3.8, 4) is 11.5 Å². The lowest BCUT2D eigenvalue weighted by Crippen LogP contribution is -2.24. The van der Waals surface area contributed by atoms with Crippen LogP contribution in [0.25, 0.3) is 0 Å². The van der Waals surface area contributed by atoms with Crippen molar-refractivity contribution in [2.75, 3.05) is 24.6 Å². The summed E-state index contributed by atoms with van der Waals surface area (Å²) in [4.78, 5) is 13.3. The van der Waals surface area contributed by atoms with Gasteiger partial charge < -0.3 is 25.1 Å². The molecule has 0 radical (unpaired) electrons. The second-order valence-electron chi connectivity index (χ2n) is 6.92. The van der Waals surface area contributed by atoms with Crippen LogP contribution in [0.4, 0.5) is 5.69 Å². The number of ether oxygens (including phenoxy) is 1. The second kappa shape index (κ2) is 9.82. The monoisotopic (exact) mass is 400 g/mol. The molecule has 0 unspecified atom stereocenters. The zero-order chi connectivity index (χ0) is 21.6. The van der Waals surface area contributed by atoms with Crippen LogP contribution in [0, 0.1) is 0 Å². The molecule has 2 aromatic carbocycles. The van der Waals surface area contributed by atoms with Crippen LogP contribution in [0.1, 0.15) is 55.1 Å². The molecule has 2 aromatic rings. The van der Waals surface area contributed by atoms with E-state index in [2.05, 4.69) is 37.8 Å². The molecule has 0 aliphatic carbocycles. The van der Waals surface area contributed by atoms with E-state index in [1.807, 2.05) is 18.2 Å². The zero-order valence-electron chi connectivity index (χ0n) is 17.2. The van der Waals surface area contributed by atoms with Gasteiger partial charge in [0.25, 0.3) is 0 Å². The number of hydrogen-bond acceptors (Lipinski definition) is 6. The molecule has 0 amide bonds. The molecular formula is C22H28N2O5. The number of rotatable bonds is 9. The topological polar surface area (TPSA) is 103 Å². The molecule has 0 atom stereocenters. The molecule has 0 saturated heterocycles. The Balaban J connectivity index is 2.25. The van der Waals surface area contributed by atoms with Crippen LogP contribution >= 0.6 is 0 Å². The first-order chi connectivity index (χ1) is 13.8. The number of benzene rings is 2. The molecule has 2 rings (SSSR count). The zero-order valence-corrected chi connectivity index (χ0v) is 17.2. The first kappa shape index (κ1) is 22.1. The molecule has 29 heavy (non-hydrogen) atoms. The van der Waals surface area contributed by atoms with Gasteiger partial charge in [-0.2, -0.15) is 0 Å². The van der Waals surface area contributed by atoms with E-state index in [1.165, 1.54) is 18.2 Å². The number of aromatic carboxylic acids is 1. The highest BCUT2D eigenvalue weighted by Crippen LogP contribution is 2.29. The minimum Gasteiger partial charge on any atom is -0.507 e. The molecule has 0 bridgehead atoms. The van der Waals surface area contributed by atoms with E-state index in [9.17, 15) is 15.1 Å². The van der Waals surface area contributed by atoms with Crippen LogP contribution in [0.3, 0.4) is 0 Å². The Hall–Kier alpha value is -3.22. The molecule has 0 aromatic heterocycles. The molecule has 156 valence electrons. The summed E-state index contributed by atoms with van der Waals surface area (Å²) in [6.45, 7) is 10.2. The molecule has 3 N–H and O–H groups in total. The van der Waals surface area contributed by atoms with Gasteiger partial charge in [0, 0.05) is 30.4 Å². The number of anilines is 1. The highest BCUT2D eigenvalue weighted by molar-refractivity contribution is 6.02. The number of carboxylic acids is 1. The summed E-state index contributed by atoms with van der Waals surface area (Å²) >= 11 is 0. The lowest BCUT2D eigenvalue weighted by Gasteiger charge is -2.26. The molecule has 0 aliphatic rings. The quantitative estimate of drug-likeness (QED) is 0.329. The van der Waals surface area contributed by atoms with Crippen molar-refractivity contribution in [2.24, 2.45) is 5.16 Å². The van der Waals surface area contributed by atoms with Gasteiger partial charge in [0.2, 0.25) is 0 Å². The molecule has 0 fully saturated rings. The van der Waals surface area contributed by atoms with Crippen molar-refractivity contribution in [1.29, 1.82) is 0 Å². The van der Waals surface area contributed by atoms with Crippen LogP contribution < -0.4 is 9.64 Å². The van der Waals surface area contributed by atoms with Crippen LogP contribution in [0.5, 0.6) is 11.5 Å². The van der Waals surface area contributed by atoms with Crippen LogP contribution in [0.15, 0.2) is 41.6 Å². The van der Waals surface area contributed by atoms with Crippen molar-refractivity contribution in [3.63, 3.8) is 0 Å². The van der Waals surface area contributed by atoms with Crippen LogP contribution in [-0.4, -0.2) is 46.8 Å². The number of carbonyl (C=O) groups is 1. The van der Waals surface area contributed by atoms with E-state index in [0.717, 1.165) is 29.9 Å². The Morgan fingerprint density at radius 1 is 1.14 bits per heavy atom. The van der Waals surface area contributed by atoms with E-state index >= 15 is 0 Å². The van der Waals surface area contributed by atoms with Crippen molar-refractivity contribution in [3.05, 3.63) is 53.1 Å². The predicted molar refractivity (Wildman–Crippen MR) is 113 cm³/mol. The fraction of sp³-hybridized carbons (Fsp3) is 0.364. The van der Waals surface area contributed by atoms with Gasteiger partial charge >= 0.3 is 5.97 Å². The highest BCUT2D eigenvalue weighted by Gasteiger charge is 2.16. The first-order valence-electron chi connectivity index (χ1n) is 9.61. The normalized spacial score (nSPS) is 11.6. The fourth-order valence-electron chi connectivity index (χ4n) is 3.15. The SMILES string of the molecule is CCN(CC)c1ccc(/C(COc2ccc(C(=O)O)c(O)c2)=N\O)cc1C(C)C. The summed E-state index contributed by atoms with van der Waals surface area (Å²) in [6, 6.07) is 9.85.